The number of nitro groups is 1. The van der Waals surface area contributed by atoms with Gasteiger partial charge < -0.3 is 20.2 Å². The number of aromatic nitrogens is 3. The zero-order valence-corrected chi connectivity index (χ0v) is 19.0. The molecule has 3 heterocycles. The van der Waals surface area contributed by atoms with E-state index in [1.165, 1.54) is 12.3 Å². The zero-order chi connectivity index (χ0) is 24.4. The Bertz CT molecular complexity index is 1240. The third-order valence-electron chi connectivity index (χ3n) is 6.39. The molecule has 1 saturated carbocycles. The molecule has 3 aromatic rings. The number of hydrogen-bond donors (Lipinski definition) is 1. The molecular formula is C24H25FN6O4. The van der Waals surface area contributed by atoms with Gasteiger partial charge in [0.15, 0.2) is 0 Å². The molecule has 0 radical (unpaired) electrons. The van der Waals surface area contributed by atoms with Crippen molar-refractivity contribution < 1.29 is 18.8 Å². The summed E-state index contributed by atoms with van der Waals surface area (Å²) < 4.78 is 21.5. The van der Waals surface area contributed by atoms with Crippen LogP contribution in [0.1, 0.15) is 35.2 Å². The molecule has 10 nitrogen and oxygen atoms in total. The van der Waals surface area contributed by atoms with Gasteiger partial charge in [0, 0.05) is 49.0 Å². The van der Waals surface area contributed by atoms with Gasteiger partial charge in [-0.1, -0.05) is 6.07 Å². The van der Waals surface area contributed by atoms with Crippen LogP contribution in [0.5, 0.6) is 6.01 Å². The van der Waals surface area contributed by atoms with Crippen LogP contribution in [-0.4, -0.2) is 56.0 Å². The molecule has 182 valence electrons. The molecule has 35 heavy (non-hydrogen) atoms. The van der Waals surface area contributed by atoms with Gasteiger partial charge in [-0.25, -0.2) is 4.39 Å². The first-order chi connectivity index (χ1) is 17.0. The van der Waals surface area contributed by atoms with Gasteiger partial charge in [-0.3, -0.25) is 19.2 Å². The van der Waals surface area contributed by atoms with Crippen molar-refractivity contribution in [3.63, 3.8) is 0 Å². The highest BCUT2D eigenvalue weighted by molar-refractivity contribution is 5.95. The Morgan fingerprint density at radius 3 is 2.80 bits per heavy atom. The minimum Gasteiger partial charge on any atom is -0.444 e. The van der Waals surface area contributed by atoms with Crippen molar-refractivity contribution in [2.45, 2.75) is 38.4 Å². The molecule has 2 aromatic heterocycles. The first-order valence-corrected chi connectivity index (χ1v) is 11.6. The van der Waals surface area contributed by atoms with Crippen LogP contribution in [-0.2, 0) is 13.1 Å². The molecule has 0 unspecified atom stereocenters. The lowest BCUT2D eigenvalue weighted by molar-refractivity contribution is -0.389. The van der Waals surface area contributed by atoms with Crippen LogP contribution in [0.25, 0.3) is 11.3 Å². The highest BCUT2D eigenvalue weighted by Crippen LogP contribution is 2.24. The topological polar surface area (TPSA) is 115 Å². The number of carbonyl (C=O) groups excluding carboxylic acids is 1. The number of amides is 1. The first-order valence-electron chi connectivity index (χ1n) is 11.6. The van der Waals surface area contributed by atoms with Crippen molar-refractivity contribution in [3.8, 4) is 17.3 Å². The molecule has 1 N–H and O–H groups in total. The van der Waals surface area contributed by atoms with Gasteiger partial charge >= 0.3 is 11.8 Å². The number of pyridine rings is 1. The zero-order valence-electron chi connectivity index (χ0n) is 19.0. The molecule has 5 rings (SSSR count). The monoisotopic (exact) mass is 480 g/mol. The second-order valence-electron chi connectivity index (χ2n) is 8.80. The molecule has 0 bridgehead atoms. The predicted octanol–water partition coefficient (Wildman–Crippen LogP) is 3.17. The summed E-state index contributed by atoms with van der Waals surface area (Å²) in [5.74, 6) is -1.16. The van der Waals surface area contributed by atoms with Gasteiger partial charge in [-0.05, 0) is 54.0 Å². The van der Waals surface area contributed by atoms with Gasteiger partial charge in [-0.15, -0.1) is 0 Å². The number of rotatable bonds is 6. The number of benzene rings is 1. The Morgan fingerprint density at radius 1 is 1.23 bits per heavy atom. The number of fused-ring (bicyclic) bond motifs is 1. The molecule has 0 saturated heterocycles. The highest BCUT2D eigenvalue weighted by atomic mass is 19.1. The summed E-state index contributed by atoms with van der Waals surface area (Å²) in [5.41, 5.74) is 2.33. The predicted molar refractivity (Wildman–Crippen MR) is 124 cm³/mol. The number of nitrogens with zero attached hydrogens (tertiary/aromatic N) is 5. The molecule has 1 fully saturated rings. The molecule has 1 aliphatic carbocycles. The third kappa shape index (κ3) is 5.14. The summed E-state index contributed by atoms with van der Waals surface area (Å²) in [6, 6.07) is 8.67. The van der Waals surface area contributed by atoms with E-state index in [4.69, 9.17) is 4.74 Å². The van der Waals surface area contributed by atoms with Crippen LogP contribution in [0.4, 0.5) is 10.2 Å². The number of nitrogens with one attached hydrogen (secondary N) is 1. The second kappa shape index (κ2) is 9.79. The van der Waals surface area contributed by atoms with E-state index in [1.54, 1.807) is 22.9 Å². The average molecular weight is 481 g/mol. The molecule has 1 aromatic carbocycles. The second-order valence-corrected chi connectivity index (χ2v) is 8.80. The Labute approximate surface area is 200 Å². The molecule has 0 atom stereocenters. The SMILES string of the molecule is O=C(NC1CCC1)c1cc(-c2ccc(CN3CCOc4nc([N+](=O)[O-])cn4CC3)cn2)ccc1F. The lowest BCUT2D eigenvalue weighted by Gasteiger charge is -2.26. The van der Waals surface area contributed by atoms with E-state index in [1.807, 2.05) is 12.1 Å². The fourth-order valence-corrected chi connectivity index (χ4v) is 4.16. The minimum atomic E-state index is -0.548. The van der Waals surface area contributed by atoms with Crippen LogP contribution in [0.15, 0.2) is 42.7 Å². The number of halogens is 1. The summed E-state index contributed by atoms with van der Waals surface area (Å²) >= 11 is 0. The summed E-state index contributed by atoms with van der Waals surface area (Å²) in [4.78, 5) is 33.5. The van der Waals surface area contributed by atoms with E-state index in [0.29, 0.717) is 44.0 Å². The first kappa shape index (κ1) is 22.9. The van der Waals surface area contributed by atoms with Crippen LogP contribution >= 0.6 is 0 Å². The molecule has 0 spiro atoms. The van der Waals surface area contributed by atoms with Crippen molar-refractivity contribution in [3.05, 3.63) is 69.8 Å². The fourth-order valence-electron chi connectivity index (χ4n) is 4.16. The van der Waals surface area contributed by atoms with Crippen molar-refractivity contribution in [1.82, 2.24) is 24.8 Å². The van der Waals surface area contributed by atoms with Gasteiger partial charge in [0.25, 0.3) is 5.91 Å². The number of imidazole rings is 1. The van der Waals surface area contributed by atoms with Crippen molar-refractivity contribution >= 4 is 11.7 Å². The van der Waals surface area contributed by atoms with Crippen LogP contribution in [0.2, 0.25) is 0 Å². The fraction of sp³-hybridized carbons (Fsp3) is 0.375. The maximum Gasteiger partial charge on any atom is 0.414 e. The number of ether oxygens (including phenoxy) is 1. The smallest absolute Gasteiger partial charge is 0.414 e. The van der Waals surface area contributed by atoms with E-state index < -0.39 is 16.6 Å². The van der Waals surface area contributed by atoms with Crippen LogP contribution < -0.4 is 10.1 Å². The van der Waals surface area contributed by atoms with E-state index >= 15 is 0 Å². The van der Waals surface area contributed by atoms with E-state index in [-0.39, 0.29) is 23.4 Å². The average Bonchev–Trinajstić information content (AvgIpc) is 3.21. The summed E-state index contributed by atoms with van der Waals surface area (Å²) in [6.45, 7) is 2.81. The van der Waals surface area contributed by atoms with E-state index in [2.05, 4.69) is 20.2 Å². The Kier molecular flexibility index (Phi) is 6.41. The van der Waals surface area contributed by atoms with Gasteiger partial charge in [-0.2, -0.15) is 0 Å². The van der Waals surface area contributed by atoms with Gasteiger partial charge in [0.1, 0.15) is 18.6 Å². The quantitative estimate of drug-likeness (QED) is 0.426. The Morgan fingerprint density at radius 2 is 2.09 bits per heavy atom. The Hall–Kier alpha value is -3.86. The number of hydrogen-bond acceptors (Lipinski definition) is 7. The maximum absolute atomic E-state index is 14.3. The minimum absolute atomic E-state index is 0.0278. The standard InChI is InChI=1S/C24H25FN6O4/c25-20-6-5-17(12-19(20)23(32)27-18-2-1-3-18)21-7-4-16(13-26-21)14-29-8-9-30-15-22(31(33)34)28-24(30)35-11-10-29/h4-7,12-13,15,18H,1-3,8-11,14H2,(H,27,32). The van der Waals surface area contributed by atoms with Crippen LogP contribution in [0.3, 0.4) is 0 Å². The molecule has 1 amide bonds. The Balaban J connectivity index is 1.24. The molecule has 11 heteroatoms. The largest absolute Gasteiger partial charge is 0.444 e. The van der Waals surface area contributed by atoms with Crippen molar-refractivity contribution in [2.75, 3.05) is 19.7 Å². The van der Waals surface area contributed by atoms with Gasteiger partial charge in [0.05, 0.1) is 11.3 Å². The van der Waals surface area contributed by atoms with E-state index in [9.17, 15) is 19.3 Å². The molecule has 2 aliphatic rings. The summed E-state index contributed by atoms with van der Waals surface area (Å²) in [6.07, 6.45) is 6.10. The molecular weight excluding hydrogens is 455 g/mol. The third-order valence-corrected chi connectivity index (χ3v) is 6.39. The summed E-state index contributed by atoms with van der Waals surface area (Å²) in [5, 5.41) is 13.8. The van der Waals surface area contributed by atoms with E-state index in [0.717, 1.165) is 24.8 Å². The number of carbonyl (C=O) groups is 1. The van der Waals surface area contributed by atoms with Crippen LogP contribution in [0, 0.1) is 15.9 Å². The molecule has 1 aliphatic heterocycles. The van der Waals surface area contributed by atoms with Gasteiger partial charge in [0.2, 0.25) is 0 Å². The lowest BCUT2D eigenvalue weighted by atomic mass is 9.93. The highest BCUT2D eigenvalue weighted by Gasteiger charge is 2.24. The maximum atomic E-state index is 14.3. The normalized spacial score (nSPS) is 16.4. The van der Waals surface area contributed by atoms with Crippen molar-refractivity contribution in [2.24, 2.45) is 0 Å². The lowest BCUT2D eigenvalue weighted by Crippen LogP contribution is -2.39. The van der Waals surface area contributed by atoms with Crippen molar-refractivity contribution in [1.29, 1.82) is 0 Å². The summed E-state index contributed by atoms with van der Waals surface area (Å²) in [7, 11) is 0.